The van der Waals surface area contributed by atoms with Gasteiger partial charge < -0.3 is 15.7 Å². The lowest BCUT2D eigenvalue weighted by Crippen LogP contribution is -2.45. The topological polar surface area (TPSA) is 61.4 Å². The Morgan fingerprint density at radius 3 is 2.70 bits per heavy atom. The molecule has 110 valence electrons. The zero-order valence-corrected chi connectivity index (χ0v) is 12.5. The molecular weight excluding hydrogens is 299 g/mol. The monoisotopic (exact) mass is 316 g/mol. The lowest BCUT2D eigenvalue weighted by atomic mass is 9.85. The van der Waals surface area contributed by atoms with Crippen molar-refractivity contribution in [1.29, 1.82) is 0 Å². The van der Waals surface area contributed by atoms with E-state index >= 15 is 0 Å². The molecule has 1 fully saturated rings. The molecule has 2 rings (SSSR count). The number of hydrogen-bond acceptors (Lipinski definition) is 2. The van der Waals surface area contributed by atoms with Crippen molar-refractivity contribution in [2.45, 2.75) is 31.7 Å². The molecule has 1 aliphatic rings. The first-order valence-electron chi connectivity index (χ1n) is 6.73. The van der Waals surface area contributed by atoms with Crippen LogP contribution in [0.1, 0.15) is 25.7 Å². The van der Waals surface area contributed by atoms with E-state index in [4.69, 9.17) is 23.2 Å². The van der Waals surface area contributed by atoms with Crippen LogP contribution in [0.5, 0.6) is 0 Å². The molecule has 2 unspecified atom stereocenters. The average Bonchev–Trinajstić information content (AvgIpc) is 2.43. The van der Waals surface area contributed by atoms with Gasteiger partial charge in [0.05, 0.1) is 10.0 Å². The largest absolute Gasteiger partial charge is 0.396 e. The molecule has 0 radical (unpaired) electrons. The minimum Gasteiger partial charge on any atom is -0.396 e. The highest BCUT2D eigenvalue weighted by molar-refractivity contribution is 6.42. The lowest BCUT2D eigenvalue weighted by molar-refractivity contribution is 0.156. The number of benzene rings is 1. The van der Waals surface area contributed by atoms with Crippen LogP contribution in [0.4, 0.5) is 10.5 Å². The van der Waals surface area contributed by atoms with Crippen LogP contribution in [0.3, 0.4) is 0 Å². The van der Waals surface area contributed by atoms with Gasteiger partial charge in [-0.15, -0.1) is 0 Å². The highest BCUT2D eigenvalue weighted by atomic mass is 35.5. The minimum absolute atomic E-state index is 0.0246. The summed E-state index contributed by atoms with van der Waals surface area (Å²) >= 11 is 11.7. The number of rotatable bonds is 3. The quantitative estimate of drug-likeness (QED) is 0.796. The van der Waals surface area contributed by atoms with Crippen LogP contribution < -0.4 is 10.6 Å². The highest BCUT2D eigenvalue weighted by Crippen LogP contribution is 2.26. The van der Waals surface area contributed by atoms with Crippen molar-refractivity contribution in [3.05, 3.63) is 28.2 Å². The number of halogens is 2. The van der Waals surface area contributed by atoms with Gasteiger partial charge in [-0.2, -0.15) is 0 Å². The standard InChI is InChI=1S/C14H18Cl2N2O2/c15-11-6-5-10(7-12(11)16)17-14(20)18-13-4-2-1-3-9(13)8-19/h5-7,9,13,19H,1-4,8H2,(H2,17,18,20). The van der Waals surface area contributed by atoms with Gasteiger partial charge in [-0.3, -0.25) is 0 Å². The number of aliphatic hydroxyl groups is 1. The van der Waals surface area contributed by atoms with E-state index in [9.17, 15) is 9.90 Å². The maximum Gasteiger partial charge on any atom is 0.319 e. The molecule has 0 saturated heterocycles. The Labute approximate surface area is 128 Å². The molecule has 1 aromatic rings. The Kier molecular flexibility index (Phi) is 5.52. The fourth-order valence-electron chi connectivity index (χ4n) is 2.53. The summed E-state index contributed by atoms with van der Waals surface area (Å²) in [6.45, 7) is 0.109. The van der Waals surface area contributed by atoms with Crippen molar-refractivity contribution in [3.63, 3.8) is 0 Å². The molecule has 3 N–H and O–H groups in total. The lowest BCUT2D eigenvalue weighted by Gasteiger charge is -2.30. The van der Waals surface area contributed by atoms with E-state index in [2.05, 4.69) is 10.6 Å². The van der Waals surface area contributed by atoms with Crippen LogP contribution in [-0.4, -0.2) is 23.8 Å². The molecule has 1 aromatic carbocycles. The van der Waals surface area contributed by atoms with E-state index in [1.807, 2.05) is 0 Å². The minimum atomic E-state index is -0.284. The van der Waals surface area contributed by atoms with Crippen LogP contribution in [0.15, 0.2) is 18.2 Å². The zero-order valence-electron chi connectivity index (χ0n) is 11.0. The number of aliphatic hydroxyl groups excluding tert-OH is 1. The summed E-state index contributed by atoms with van der Waals surface area (Å²) in [6, 6.07) is 4.67. The summed E-state index contributed by atoms with van der Waals surface area (Å²) in [6.07, 6.45) is 4.04. The van der Waals surface area contributed by atoms with E-state index in [0.717, 1.165) is 25.7 Å². The molecule has 0 spiro atoms. The first-order valence-corrected chi connectivity index (χ1v) is 7.49. The molecule has 1 aliphatic carbocycles. The Bertz CT molecular complexity index is 482. The third kappa shape index (κ3) is 4.01. The van der Waals surface area contributed by atoms with E-state index < -0.39 is 0 Å². The molecule has 0 aliphatic heterocycles. The Hall–Kier alpha value is -0.970. The Morgan fingerprint density at radius 1 is 1.25 bits per heavy atom. The average molecular weight is 317 g/mol. The Morgan fingerprint density at radius 2 is 2.00 bits per heavy atom. The van der Waals surface area contributed by atoms with Gasteiger partial charge in [-0.1, -0.05) is 36.0 Å². The van der Waals surface area contributed by atoms with Gasteiger partial charge in [0.1, 0.15) is 0 Å². The summed E-state index contributed by atoms with van der Waals surface area (Å²) < 4.78 is 0. The Balaban J connectivity index is 1.92. The van der Waals surface area contributed by atoms with Crippen LogP contribution in [-0.2, 0) is 0 Å². The number of anilines is 1. The van der Waals surface area contributed by atoms with Crippen LogP contribution in [0, 0.1) is 5.92 Å². The number of nitrogens with one attached hydrogen (secondary N) is 2. The zero-order chi connectivity index (χ0) is 14.5. The predicted octanol–water partition coefficient (Wildman–Crippen LogP) is 3.67. The molecule has 1 saturated carbocycles. The first-order chi connectivity index (χ1) is 9.60. The van der Waals surface area contributed by atoms with Crippen molar-refractivity contribution < 1.29 is 9.90 Å². The fourth-order valence-corrected chi connectivity index (χ4v) is 2.82. The molecule has 2 atom stereocenters. The molecule has 20 heavy (non-hydrogen) atoms. The summed E-state index contributed by atoms with van der Waals surface area (Å²) in [4.78, 5) is 12.0. The van der Waals surface area contributed by atoms with Crippen molar-refractivity contribution in [1.82, 2.24) is 5.32 Å². The van der Waals surface area contributed by atoms with Crippen molar-refractivity contribution in [2.75, 3.05) is 11.9 Å². The number of urea groups is 1. The van der Waals surface area contributed by atoms with Crippen molar-refractivity contribution in [2.24, 2.45) is 5.92 Å². The SMILES string of the molecule is O=C(Nc1ccc(Cl)c(Cl)c1)NC1CCCCC1CO. The van der Waals surface area contributed by atoms with Gasteiger partial charge in [0.25, 0.3) is 0 Å². The van der Waals surface area contributed by atoms with Crippen LogP contribution in [0.2, 0.25) is 10.0 Å². The van der Waals surface area contributed by atoms with Crippen molar-refractivity contribution in [3.8, 4) is 0 Å². The fraction of sp³-hybridized carbons (Fsp3) is 0.500. The van der Waals surface area contributed by atoms with Crippen LogP contribution in [0.25, 0.3) is 0 Å². The van der Waals surface area contributed by atoms with E-state index in [1.54, 1.807) is 18.2 Å². The van der Waals surface area contributed by atoms with E-state index in [-0.39, 0.29) is 24.6 Å². The van der Waals surface area contributed by atoms with Gasteiger partial charge in [0, 0.05) is 24.3 Å². The predicted molar refractivity (Wildman–Crippen MR) is 81.4 cm³/mol. The normalized spacial score (nSPS) is 22.4. The third-order valence-electron chi connectivity index (χ3n) is 3.64. The van der Waals surface area contributed by atoms with Gasteiger partial charge in [-0.05, 0) is 31.0 Å². The number of carbonyl (C=O) groups is 1. The number of hydrogen-bond donors (Lipinski definition) is 3. The van der Waals surface area contributed by atoms with Gasteiger partial charge in [0.2, 0.25) is 0 Å². The van der Waals surface area contributed by atoms with E-state index in [0.29, 0.717) is 15.7 Å². The second kappa shape index (κ2) is 7.16. The molecule has 0 bridgehead atoms. The first kappa shape index (κ1) is 15.4. The second-order valence-electron chi connectivity index (χ2n) is 5.06. The second-order valence-corrected chi connectivity index (χ2v) is 5.88. The maximum atomic E-state index is 12.0. The summed E-state index contributed by atoms with van der Waals surface area (Å²) in [5.74, 6) is 0.142. The molecular formula is C14H18Cl2N2O2. The van der Waals surface area contributed by atoms with Gasteiger partial charge in [0.15, 0.2) is 0 Å². The van der Waals surface area contributed by atoms with Gasteiger partial charge in [-0.25, -0.2) is 4.79 Å². The van der Waals surface area contributed by atoms with Crippen LogP contribution >= 0.6 is 23.2 Å². The number of amides is 2. The van der Waals surface area contributed by atoms with E-state index in [1.165, 1.54) is 0 Å². The van der Waals surface area contributed by atoms with Crippen molar-refractivity contribution >= 4 is 34.9 Å². The van der Waals surface area contributed by atoms with Gasteiger partial charge >= 0.3 is 6.03 Å². The number of carbonyl (C=O) groups excluding carboxylic acids is 1. The molecule has 4 nitrogen and oxygen atoms in total. The maximum absolute atomic E-state index is 12.0. The summed E-state index contributed by atoms with van der Waals surface area (Å²) in [5.41, 5.74) is 0.591. The molecule has 6 heteroatoms. The molecule has 0 heterocycles. The summed E-state index contributed by atoms with van der Waals surface area (Å²) in [7, 11) is 0. The third-order valence-corrected chi connectivity index (χ3v) is 4.38. The summed E-state index contributed by atoms with van der Waals surface area (Å²) in [5, 5.41) is 15.8. The highest BCUT2D eigenvalue weighted by Gasteiger charge is 2.25. The molecule has 0 aromatic heterocycles. The smallest absolute Gasteiger partial charge is 0.319 e. The molecule has 2 amide bonds.